The second kappa shape index (κ2) is 12.0. The Balaban J connectivity index is 1.59. The van der Waals surface area contributed by atoms with Gasteiger partial charge in [0.2, 0.25) is 0 Å². The highest BCUT2D eigenvalue weighted by atomic mass is 32.1. The Kier molecular flexibility index (Phi) is 8.58. The van der Waals surface area contributed by atoms with Crippen LogP contribution in [-0.4, -0.2) is 43.8 Å². The van der Waals surface area contributed by atoms with Gasteiger partial charge in [0, 0.05) is 22.9 Å². The van der Waals surface area contributed by atoms with Crippen molar-refractivity contribution < 1.29 is 19.0 Å². The number of aryl methyl sites for hydroxylation is 1. The smallest absolute Gasteiger partial charge is 0.308 e. The maximum absolute atomic E-state index is 11.4. The summed E-state index contributed by atoms with van der Waals surface area (Å²) in [6.45, 7) is 4.98. The molecule has 0 aliphatic heterocycles. The summed E-state index contributed by atoms with van der Waals surface area (Å²) in [6.07, 6.45) is 0.146. The van der Waals surface area contributed by atoms with Gasteiger partial charge >= 0.3 is 5.97 Å². The van der Waals surface area contributed by atoms with Crippen molar-refractivity contribution in [1.82, 2.24) is 15.3 Å². The maximum atomic E-state index is 11.4. The predicted octanol–water partition coefficient (Wildman–Crippen LogP) is 5.51. The minimum Gasteiger partial charge on any atom is -0.493 e. The van der Waals surface area contributed by atoms with Gasteiger partial charge in [0.15, 0.2) is 11.5 Å². The molecule has 0 fully saturated rings. The monoisotopic (exact) mass is 520 g/mol. The van der Waals surface area contributed by atoms with E-state index in [9.17, 15) is 4.79 Å². The molecule has 0 saturated heterocycles. The second-order valence-corrected chi connectivity index (χ2v) is 9.55. The zero-order valence-electron chi connectivity index (χ0n) is 21.8. The first-order chi connectivity index (χ1) is 17.9. The summed E-state index contributed by atoms with van der Waals surface area (Å²) in [5, 5.41) is 9.85. The summed E-state index contributed by atoms with van der Waals surface area (Å²) >= 11 is 1.72. The summed E-state index contributed by atoms with van der Waals surface area (Å²) in [5.74, 6) is 2.08. The predicted molar refractivity (Wildman–Crippen MR) is 148 cm³/mol. The Morgan fingerprint density at radius 1 is 1.11 bits per heavy atom. The topological polar surface area (TPSA) is 94.6 Å². The fourth-order valence-electron chi connectivity index (χ4n) is 4.13. The van der Waals surface area contributed by atoms with E-state index < -0.39 is 0 Å². The van der Waals surface area contributed by atoms with E-state index in [-0.39, 0.29) is 25.0 Å². The van der Waals surface area contributed by atoms with Gasteiger partial charge in [-0.3, -0.25) is 4.79 Å². The maximum Gasteiger partial charge on any atom is 0.308 e. The number of rotatable bonds is 11. The van der Waals surface area contributed by atoms with E-state index in [4.69, 9.17) is 9.47 Å². The van der Waals surface area contributed by atoms with E-state index in [1.54, 1.807) is 18.4 Å². The summed E-state index contributed by atoms with van der Waals surface area (Å²) in [7, 11) is 4.90. The van der Waals surface area contributed by atoms with Crippen molar-refractivity contribution >= 4 is 34.0 Å². The number of nitrogens with zero attached hydrogens (tertiary/aromatic N) is 2. The molecule has 0 amide bonds. The van der Waals surface area contributed by atoms with Crippen molar-refractivity contribution in [3.05, 3.63) is 64.1 Å². The van der Waals surface area contributed by atoms with Crippen molar-refractivity contribution in [2.45, 2.75) is 32.9 Å². The van der Waals surface area contributed by atoms with Gasteiger partial charge in [0.1, 0.15) is 11.6 Å². The fourth-order valence-corrected chi connectivity index (χ4v) is 5.04. The third-order valence-corrected chi connectivity index (χ3v) is 7.10. The molecule has 2 aromatic heterocycles. The van der Waals surface area contributed by atoms with Gasteiger partial charge in [-0.1, -0.05) is 24.3 Å². The third-order valence-electron chi connectivity index (χ3n) is 5.98. The average molecular weight is 521 g/mol. The van der Waals surface area contributed by atoms with Crippen LogP contribution in [0, 0.1) is 6.92 Å². The first-order valence-corrected chi connectivity index (χ1v) is 12.9. The van der Waals surface area contributed by atoms with Crippen LogP contribution in [0.5, 0.6) is 11.5 Å². The quantitative estimate of drug-likeness (QED) is 0.250. The van der Waals surface area contributed by atoms with Crippen LogP contribution in [0.1, 0.15) is 35.7 Å². The molecule has 194 valence electrons. The molecule has 4 rings (SSSR count). The average Bonchev–Trinajstić information content (AvgIpc) is 3.39. The number of carbonyl (C=O) groups excluding carboxylic acids is 1. The Morgan fingerprint density at radius 2 is 1.92 bits per heavy atom. The van der Waals surface area contributed by atoms with E-state index in [0.29, 0.717) is 17.3 Å². The fraction of sp³-hybridized carbons (Fsp3) is 0.321. The van der Waals surface area contributed by atoms with Crippen molar-refractivity contribution in [1.29, 1.82) is 0 Å². The summed E-state index contributed by atoms with van der Waals surface area (Å²) < 4.78 is 16.1. The van der Waals surface area contributed by atoms with E-state index in [1.807, 2.05) is 26.1 Å². The van der Waals surface area contributed by atoms with Crippen molar-refractivity contribution in [2.24, 2.45) is 0 Å². The van der Waals surface area contributed by atoms with Gasteiger partial charge in [-0.2, -0.15) is 0 Å². The minimum absolute atomic E-state index is 0.0229. The lowest BCUT2D eigenvalue weighted by Gasteiger charge is -2.17. The van der Waals surface area contributed by atoms with Crippen LogP contribution < -0.4 is 20.1 Å². The second-order valence-electron chi connectivity index (χ2n) is 8.61. The highest BCUT2D eigenvalue weighted by molar-refractivity contribution is 7.10. The number of aromatic nitrogens is 2. The van der Waals surface area contributed by atoms with Gasteiger partial charge in [-0.05, 0) is 55.1 Å². The van der Waals surface area contributed by atoms with E-state index in [0.717, 1.165) is 23.3 Å². The van der Waals surface area contributed by atoms with Crippen LogP contribution in [0.25, 0.3) is 22.0 Å². The summed E-state index contributed by atoms with van der Waals surface area (Å²) in [5.41, 5.74) is 4.44. The number of hydrogen-bond donors (Lipinski definition) is 2. The van der Waals surface area contributed by atoms with Gasteiger partial charge in [0.25, 0.3) is 0 Å². The number of thiophene rings is 1. The van der Waals surface area contributed by atoms with E-state index in [1.165, 1.54) is 28.7 Å². The molecule has 0 bridgehead atoms. The first-order valence-electron chi connectivity index (χ1n) is 12.1. The molecule has 4 aromatic rings. The number of esters is 1. The lowest BCUT2D eigenvalue weighted by atomic mass is 10.0. The molecule has 0 spiro atoms. The van der Waals surface area contributed by atoms with Crippen molar-refractivity contribution in [3.63, 3.8) is 0 Å². The molecule has 0 aliphatic carbocycles. The largest absolute Gasteiger partial charge is 0.493 e. The van der Waals surface area contributed by atoms with E-state index >= 15 is 0 Å². The number of hydrogen-bond acceptors (Lipinski definition) is 9. The highest BCUT2D eigenvalue weighted by Gasteiger charge is 2.17. The summed E-state index contributed by atoms with van der Waals surface area (Å²) in [4.78, 5) is 21.9. The number of methoxy groups -OCH3 is 2. The SMILES string of the molecule is CNCc1ccccc1-c1csc(C(C)Nc2nc(C)nc3cc(OCCC(=O)OC)c(OC)cc23)c1. The van der Waals surface area contributed by atoms with Crippen LogP contribution in [0.3, 0.4) is 0 Å². The molecule has 37 heavy (non-hydrogen) atoms. The first kappa shape index (κ1) is 26.4. The molecule has 0 saturated carbocycles. The molecule has 2 N–H and O–H groups in total. The normalized spacial score (nSPS) is 11.8. The van der Waals surface area contributed by atoms with Gasteiger partial charge in [-0.25, -0.2) is 9.97 Å². The van der Waals surface area contributed by atoms with Crippen molar-refractivity contribution in [3.8, 4) is 22.6 Å². The molecule has 0 aliphatic rings. The molecule has 0 radical (unpaired) electrons. The van der Waals surface area contributed by atoms with Crippen LogP contribution >= 0.6 is 11.3 Å². The van der Waals surface area contributed by atoms with Gasteiger partial charge < -0.3 is 24.8 Å². The number of ether oxygens (including phenoxy) is 3. The standard InChI is InChI=1S/C28H32N4O4S/c1-17(26-12-20(16-37-26)21-9-7-6-8-19(21)15-29-3)30-28-22-13-24(34-4)25(36-11-10-27(33)35-5)14-23(22)31-18(2)32-28/h6-9,12-14,16-17,29H,10-11,15H2,1-5H3,(H,30,31,32). The molecular formula is C28H32N4O4S. The zero-order valence-corrected chi connectivity index (χ0v) is 22.6. The van der Waals surface area contributed by atoms with Crippen molar-refractivity contribution in [2.75, 3.05) is 33.2 Å². The third kappa shape index (κ3) is 6.18. The Labute approximate surface area is 221 Å². The highest BCUT2D eigenvalue weighted by Crippen LogP contribution is 2.37. The molecular weight excluding hydrogens is 488 g/mol. The summed E-state index contributed by atoms with van der Waals surface area (Å²) in [6, 6.07) is 14.4. The number of fused-ring (bicyclic) bond motifs is 1. The molecule has 2 heterocycles. The number of nitrogens with one attached hydrogen (secondary N) is 2. The Bertz CT molecular complexity index is 1390. The van der Waals surface area contributed by atoms with Crippen LogP contribution in [0.15, 0.2) is 47.8 Å². The lowest BCUT2D eigenvalue weighted by molar-refractivity contribution is -0.141. The van der Waals surface area contributed by atoms with Crippen LogP contribution in [-0.2, 0) is 16.1 Å². The molecule has 2 aromatic carbocycles. The van der Waals surface area contributed by atoms with E-state index in [2.05, 4.69) is 68.0 Å². The Morgan fingerprint density at radius 3 is 2.68 bits per heavy atom. The van der Waals surface area contributed by atoms with Gasteiger partial charge in [-0.15, -0.1) is 11.3 Å². The number of benzene rings is 2. The molecule has 9 heteroatoms. The minimum atomic E-state index is -0.333. The van der Waals surface area contributed by atoms with Gasteiger partial charge in [0.05, 0.1) is 38.8 Å². The molecule has 1 unspecified atom stereocenters. The van der Waals surface area contributed by atoms with Crippen LogP contribution in [0.2, 0.25) is 0 Å². The van der Waals surface area contributed by atoms with Crippen LogP contribution in [0.4, 0.5) is 5.82 Å². The lowest BCUT2D eigenvalue weighted by Crippen LogP contribution is -2.10. The Hall–Kier alpha value is -3.69. The number of carbonyl (C=O) groups is 1. The molecule has 1 atom stereocenters. The molecule has 8 nitrogen and oxygen atoms in total. The number of anilines is 1. The zero-order chi connectivity index (χ0) is 26.4.